The molecule has 0 saturated carbocycles. The van der Waals surface area contributed by atoms with Crippen molar-refractivity contribution >= 4 is 41.0 Å². The second kappa shape index (κ2) is 8.69. The molecule has 1 N–H and O–H groups in total. The van der Waals surface area contributed by atoms with Gasteiger partial charge in [-0.25, -0.2) is 5.43 Å². The molecule has 0 atom stereocenters. The second-order valence-electron chi connectivity index (χ2n) is 5.72. The van der Waals surface area contributed by atoms with Gasteiger partial charge in [0.15, 0.2) is 0 Å². The Morgan fingerprint density at radius 2 is 1.89 bits per heavy atom. The van der Waals surface area contributed by atoms with Gasteiger partial charge in [-0.3, -0.25) is 14.9 Å². The number of nitrogens with one attached hydrogen (secondary N) is 1. The summed E-state index contributed by atoms with van der Waals surface area (Å²) in [4.78, 5) is 22.3. The van der Waals surface area contributed by atoms with E-state index in [1.54, 1.807) is 42.5 Å². The molecule has 0 aliphatic heterocycles. The van der Waals surface area contributed by atoms with Gasteiger partial charge >= 0.3 is 0 Å². The molecule has 9 heteroatoms. The van der Waals surface area contributed by atoms with Crippen molar-refractivity contribution < 1.29 is 14.1 Å². The molecule has 0 fully saturated rings. The maximum Gasteiger partial charge on any atom is 0.288 e. The Balaban J connectivity index is 1.62. The first-order chi connectivity index (χ1) is 13.4. The SMILES string of the molecule is O=C(Cc1ccc(Cl)cc1)N/N=C\c1ccc(-c2ccc(Cl)c([N+](=O)[O-])c2)o1. The Morgan fingerprint density at radius 3 is 2.61 bits per heavy atom. The second-order valence-corrected chi connectivity index (χ2v) is 6.57. The molecular weight excluding hydrogens is 405 g/mol. The molecule has 0 saturated heterocycles. The zero-order valence-electron chi connectivity index (χ0n) is 14.3. The van der Waals surface area contributed by atoms with E-state index in [1.165, 1.54) is 18.3 Å². The molecule has 1 heterocycles. The number of nitro benzene ring substituents is 1. The third-order valence-electron chi connectivity index (χ3n) is 3.71. The van der Waals surface area contributed by atoms with Crippen LogP contribution in [0.2, 0.25) is 10.0 Å². The smallest absolute Gasteiger partial charge is 0.288 e. The molecule has 2 aromatic carbocycles. The lowest BCUT2D eigenvalue weighted by Crippen LogP contribution is -2.19. The molecule has 0 unspecified atom stereocenters. The van der Waals surface area contributed by atoms with Crippen molar-refractivity contribution in [1.82, 2.24) is 5.43 Å². The molecule has 3 rings (SSSR count). The number of carbonyl (C=O) groups is 1. The molecule has 1 aromatic heterocycles. The maximum absolute atomic E-state index is 11.9. The van der Waals surface area contributed by atoms with Gasteiger partial charge in [0.2, 0.25) is 5.91 Å². The molecule has 142 valence electrons. The van der Waals surface area contributed by atoms with Gasteiger partial charge in [-0.2, -0.15) is 5.10 Å². The lowest BCUT2D eigenvalue weighted by Gasteiger charge is -2.00. The summed E-state index contributed by atoms with van der Waals surface area (Å²) in [6.07, 6.45) is 1.50. The molecular formula is C19H13Cl2N3O4. The van der Waals surface area contributed by atoms with Crippen LogP contribution in [0.1, 0.15) is 11.3 Å². The Morgan fingerprint density at radius 1 is 1.14 bits per heavy atom. The number of hydrazone groups is 1. The maximum atomic E-state index is 11.9. The highest BCUT2D eigenvalue weighted by molar-refractivity contribution is 6.32. The van der Waals surface area contributed by atoms with Crippen molar-refractivity contribution in [2.75, 3.05) is 0 Å². The van der Waals surface area contributed by atoms with E-state index in [0.717, 1.165) is 5.56 Å². The van der Waals surface area contributed by atoms with Crippen LogP contribution >= 0.6 is 23.2 Å². The lowest BCUT2D eigenvalue weighted by molar-refractivity contribution is -0.384. The number of carbonyl (C=O) groups excluding carboxylic acids is 1. The van der Waals surface area contributed by atoms with Crippen LogP contribution in [0, 0.1) is 10.1 Å². The van der Waals surface area contributed by atoms with Crippen molar-refractivity contribution in [2.24, 2.45) is 5.10 Å². The van der Waals surface area contributed by atoms with Crippen LogP contribution in [0.5, 0.6) is 0 Å². The van der Waals surface area contributed by atoms with E-state index in [0.29, 0.717) is 22.1 Å². The summed E-state index contributed by atoms with van der Waals surface area (Å²) in [5.41, 5.74) is 3.51. The highest BCUT2D eigenvalue weighted by Crippen LogP contribution is 2.30. The van der Waals surface area contributed by atoms with E-state index in [4.69, 9.17) is 27.6 Å². The topological polar surface area (TPSA) is 97.7 Å². The van der Waals surface area contributed by atoms with E-state index in [1.807, 2.05) is 0 Å². The average Bonchev–Trinajstić information content (AvgIpc) is 3.12. The molecule has 0 spiro atoms. The number of hydrogen-bond acceptors (Lipinski definition) is 5. The molecule has 0 radical (unpaired) electrons. The van der Waals surface area contributed by atoms with Gasteiger partial charge in [0, 0.05) is 16.7 Å². The summed E-state index contributed by atoms with van der Waals surface area (Å²) >= 11 is 11.6. The van der Waals surface area contributed by atoms with Crippen molar-refractivity contribution in [2.45, 2.75) is 6.42 Å². The fraction of sp³-hybridized carbons (Fsp3) is 0.0526. The highest BCUT2D eigenvalue weighted by Gasteiger charge is 2.15. The van der Waals surface area contributed by atoms with Crippen molar-refractivity contribution in [3.05, 3.63) is 86.1 Å². The van der Waals surface area contributed by atoms with Crippen molar-refractivity contribution in [1.29, 1.82) is 0 Å². The van der Waals surface area contributed by atoms with Crippen LogP contribution in [-0.4, -0.2) is 17.0 Å². The van der Waals surface area contributed by atoms with Gasteiger partial charge in [-0.15, -0.1) is 0 Å². The molecule has 7 nitrogen and oxygen atoms in total. The molecule has 28 heavy (non-hydrogen) atoms. The minimum absolute atomic E-state index is 0.0468. The number of furan rings is 1. The van der Waals surface area contributed by atoms with Gasteiger partial charge < -0.3 is 4.42 Å². The summed E-state index contributed by atoms with van der Waals surface area (Å²) in [6.45, 7) is 0. The van der Waals surface area contributed by atoms with Gasteiger partial charge in [-0.1, -0.05) is 35.3 Å². The monoisotopic (exact) mass is 417 g/mol. The molecule has 0 aliphatic rings. The number of nitrogens with zero attached hydrogens (tertiary/aromatic N) is 2. The summed E-state index contributed by atoms with van der Waals surface area (Å²) in [5, 5.41) is 15.5. The van der Waals surface area contributed by atoms with E-state index in [2.05, 4.69) is 10.5 Å². The summed E-state index contributed by atoms with van der Waals surface area (Å²) in [5.74, 6) is 0.492. The average molecular weight is 418 g/mol. The van der Waals surface area contributed by atoms with Gasteiger partial charge in [0.05, 0.1) is 17.6 Å². The first kappa shape index (κ1) is 19.6. The number of nitro groups is 1. The Bertz CT molecular complexity index is 1050. The van der Waals surface area contributed by atoms with Crippen LogP contribution in [0.4, 0.5) is 5.69 Å². The van der Waals surface area contributed by atoms with E-state index in [-0.39, 0.29) is 23.0 Å². The lowest BCUT2D eigenvalue weighted by atomic mass is 10.1. The van der Waals surface area contributed by atoms with Gasteiger partial charge in [-0.05, 0) is 42.0 Å². The molecule has 0 aliphatic carbocycles. The molecule has 3 aromatic rings. The van der Waals surface area contributed by atoms with Crippen LogP contribution in [0.3, 0.4) is 0 Å². The van der Waals surface area contributed by atoms with Gasteiger partial charge in [0.25, 0.3) is 5.69 Å². The number of amides is 1. The predicted molar refractivity (Wildman–Crippen MR) is 107 cm³/mol. The fourth-order valence-corrected chi connectivity index (χ4v) is 2.69. The standard InChI is InChI=1S/C19H13Cl2N3O4/c20-14-4-1-12(2-5-14)9-19(25)23-22-11-15-6-8-18(28-15)13-3-7-16(21)17(10-13)24(26)27/h1-8,10-11H,9H2,(H,23,25)/b22-11-. The van der Waals surface area contributed by atoms with Crippen molar-refractivity contribution in [3.8, 4) is 11.3 Å². The first-order valence-corrected chi connectivity index (χ1v) is 8.78. The van der Waals surface area contributed by atoms with Crippen LogP contribution in [0.15, 0.2) is 64.1 Å². The van der Waals surface area contributed by atoms with E-state index < -0.39 is 4.92 Å². The minimum atomic E-state index is -0.562. The third-order valence-corrected chi connectivity index (χ3v) is 4.28. The fourth-order valence-electron chi connectivity index (χ4n) is 2.38. The van der Waals surface area contributed by atoms with E-state index in [9.17, 15) is 14.9 Å². The van der Waals surface area contributed by atoms with Crippen LogP contribution < -0.4 is 5.43 Å². The highest BCUT2D eigenvalue weighted by atomic mass is 35.5. The third kappa shape index (κ3) is 4.97. The van der Waals surface area contributed by atoms with Gasteiger partial charge in [0.1, 0.15) is 16.5 Å². The van der Waals surface area contributed by atoms with E-state index >= 15 is 0 Å². The Kier molecular flexibility index (Phi) is 6.08. The number of halogens is 2. The summed E-state index contributed by atoms with van der Waals surface area (Å²) in [7, 11) is 0. The van der Waals surface area contributed by atoms with Crippen molar-refractivity contribution in [3.63, 3.8) is 0 Å². The molecule has 1 amide bonds. The first-order valence-electron chi connectivity index (χ1n) is 8.03. The Hall–Kier alpha value is -3.16. The summed E-state index contributed by atoms with van der Waals surface area (Å²) in [6, 6.07) is 14.6. The Labute approximate surface area is 169 Å². The quantitative estimate of drug-likeness (QED) is 0.351. The summed E-state index contributed by atoms with van der Waals surface area (Å²) < 4.78 is 5.58. The zero-order valence-corrected chi connectivity index (χ0v) is 15.8. The van der Waals surface area contributed by atoms with Crippen LogP contribution in [0.25, 0.3) is 11.3 Å². The number of benzene rings is 2. The zero-order chi connectivity index (χ0) is 20.1. The largest absolute Gasteiger partial charge is 0.455 e. The van der Waals surface area contributed by atoms with Crippen LogP contribution in [-0.2, 0) is 11.2 Å². The number of rotatable bonds is 6. The molecule has 0 bridgehead atoms. The minimum Gasteiger partial charge on any atom is -0.455 e. The normalized spacial score (nSPS) is 10.9. The predicted octanol–water partition coefficient (Wildman–Crippen LogP) is 4.85. The number of hydrogen-bond donors (Lipinski definition) is 1.